The average molecular weight is 439 g/mol. The van der Waals surface area contributed by atoms with Gasteiger partial charge in [0.05, 0.1) is 6.61 Å². The van der Waals surface area contributed by atoms with Crippen molar-refractivity contribution in [3.63, 3.8) is 0 Å². The summed E-state index contributed by atoms with van der Waals surface area (Å²) in [5.74, 6) is -1.52. The summed E-state index contributed by atoms with van der Waals surface area (Å²) in [5, 5.41) is 14.6. The molecule has 32 heavy (non-hydrogen) atoms. The Morgan fingerprint density at radius 3 is 2.19 bits per heavy atom. The minimum Gasteiger partial charge on any atom is -0.494 e. The van der Waals surface area contributed by atoms with Crippen LogP contribution < -0.4 is 15.4 Å². The molecule has 0 aliphatic rings. The van der Waals surface area contributed by atoms with Crippen molar-refractivity contribution in [1.82, 2.24) is 10.6 Å². The van der Waals surface area contributed by atoms with Gasteiger partial charge in [-0.25, -0.2) is 4.79 Å². The van der Waals surface area contributed by atoms with E-state index in [1.807, 2.05) is 27.7 Å². The van der Waals surface area contributed by atoms with Crippen LogP contribution in [0.5, 0.6) is 5.75 Å². The Morgan fingerprint density at radius 2 is 1.66 bits per heavy atom. The molecule has 2 amide bonds. The fraction of sp³-hybridized carbons (Fsp3) is 0.320. The summed E-state index contributed by atoms with van der Waals surface area (Å²) >= 11 is 0. The van der Waals surface area contributed by atoms with Crippen molar-refractivity contribution < 1.29 is 24.2 Å². The lowest BCUT2D eigenvalue weighted by molar-refractivity contribution is -0.141. The molecule has 7 nitrogen and oxygen atoms in total. The number of aryl methyl sites for hydroxylation is 1. The molecule has 2 aromatic carbocycles. The topological polar surface area (TPSA) is 105 Å². The first-order valence-corrected chi connectivity index (χ1v) is 10.6. The predicted octanol–water partition coefficient (Wildman–Crippen LogP) is 3.78. The fourth-order valence-electron chi connectivity index (χ4n) is 2.98. The van der Waals surface area contributed by atoms with Gasteiger partial charge in [-0.05, 0) is 62.1 Å². The third-order valence-corrected chi connectivity index (χ3v) is 4.62. The third kappa shape index (κ3) is 7.58. The maximum Gasteiger partial charge on any atom is 0.326 e. The Balaban J connectivity index is 2.32. The normalized spacial score (nSPS) is 12.2. The molecule has 0 bridgehead atoms. The monoisotopic (exact) mass is 438 g/mol. The van der Waals surface area contributed by atoms with Gasteiger partial charge in [-0.2, -0.15) is 0 Å². The number of carboxylic acids is 1. The number of aliphatic carboxylic acids is 1. The molecule has 0 aliphatic heterocycles. The highest BCUT2D eigenvalue weighted by molar-refractivity contribution is 6.06. The van der Waals surface area contributed by atoms with Crippen LogP contribution in [0.4, 0.5) is 0 Å². The van der Waals surface area contributed by atoms with Crippen molar-refractivity contribution >= 4 is 23.9 Å². The van der Waals surface area contributed by atoms with Gasteiger partial charge >= 0.3 is 5.97 Å². The molecule has 0 saturated carbocycles. The maximum atomic E-state index is 13.0. The smallest absolute Gasteiger partial charge is 0.326 e. The van der Waals surface area contributed by atoms with Crippen LogP contribution in [-0.2, 0) is 9.59 Å². The standard InChI is InChI=1S/C25H30N2O5/c1-5-32-20-12-8-18(9-13-20)15-21(24(29)27-22(25(30)31)14-16(2)3)26-23(28)19-10-6-17(4)7-11-19/h6-13,15-16,22H,5,14H2,1-4H3,(H,26,28)(H,27,29)(H,30,31)/b21-15+. The summed E-state index contributed by atoms with van der Waals surface area (Å²) in [6.45, 7) is 8.07. The summed E-state index contributed by atoms with van der Waals surface area (Å²) in [6, 6.07) is 12.9. The number of hydrogen-bond acceptors (Lipinski definition) is 4. The first-order chi connectivity index (χ1) is 15.2. The van der Waals surface area contributed by atoms with Gasteiger partial charge in [0.25, 0.3) is 11.8 Å². The summed E-state index contributed by atoms with van der Waals surface area (Å²) in [6.07, 6.45) is 1.77. The first-order valence-electron chi connectivity index (χ1n) is 10.6. The summed E-state index contributed by atoms with van der Waals surface area (Å²) in [5.41, 5.74) is 1.99. The molecular weight excluding hydrogens is 408 g/mol. The van der Waals surface area contributed by atoms with Gasteiger partial charge < -0.3 is 20.5 Å². The van der Waals surface area contributed by atoms with Crippen LogP contribution in [-0.4, -0.2) is 35.5 Å². The Bertz CT molecular complexity index is 963. The van der Waals surface area contributed by atoms with Crippen LogP contribution in [0.15, 0.2) is 54.2 Å². The molecule has 0 aliphatic carbocycles. The van der Waals surface area contributed by atoms with E-state index in [1.165, 1.54) is 6.08 Å². The molecule has 170 valence electrons. The number of carbonyl (C=O) groups excluding carboxylic acids is 2. The number of hydrogen-bond donors (Lipinski definition) is 3. The van der Waals surface area contributed by atoms with Crippen LogP contribution in [0.3, 0.4) is 0 Å². The molecule has 2 rings (SSSR count). The van der Waals surface area contributed by atoms with Crippen LogP contribution >= 0.6 is 0 Å². The van der Waals surface area contributed by atoms with E-state index in [4.69, 9.17) is 4.74 Å². The van der Waals surface area contributed by atoms with E-state index in [-0.39, 0.29) is 18.0 Å². The molecular formula is C25H30N2O5. The number of rotatable bonds is 10. The zero-order valence-corrected chi connectivity index (χ0v) is 18.8. The van der Waals surface area contributed by atoms with Gasteiger partial charge in [0, 0.05) is 5.56 Å². The molecule has 1 unspecified atom stereocenters. The molecule has 0 aromatic heterocycles. The molecule has 2 aromatic rings. The molecule has 7 heteroatoms. The van der Waals surface area contributed by atoms with E-state index in [9.17, 15) is 19.5 Å². The van der Waals surface area contributed by atoms with E-state index in [2.05, 4.69) is 10.6 Å². The number of carbonyl (C=O) groups is 3. The minimum absolute atomic E-state index is 0.0465. The van der Waals surface area contributed by atoms with E-state index in [0.29, 0.717) is 23.5 Å². The number of ether oxygens (including phenoxy) is 1. The van der Waals surface area contributed by atoms with Crippen molar-refractivity contribution in [3.8, 4) is 5.75 Å². The summed E-state index contributed by atoms with van der Waals surface area (Å²) in [7, 11) is 0. The maximum absolute atomic E-state index is 13.0. The van der Waals surface area contributed by atoms with Gasteiger partial charge in [-0.15, -0.1) is 0 Å². The van der Waals surface area contributed by atoms with Gasteiger partial charge in [0.1, 0.15) is 17.5 Å². The Labute approximate surface area is 188 Å². The second-order valence-corrected chi connectivity index (χ2v) is 7.87. The van der Waals surface area contributed by atoms with E-state index < -0.39 is 23.8 Å². The number of benzene rings is 2. The highest BCUT2D eigenvalue weighted by Crippen LogP contribution is 2.15. The second-order valence-electron chi connectivity index (χ2n) is 7.87. The van der Waals surface area contributed by atoms with Crippen molar-refractivity contribution in [2.24, 2.45) is 5.92 Å². The van der Waals surface area contributed by atoms with Crippen LogP contribution in [0, 0.1) is 12.8 Å². The van der Waals surface area contributed by atoms with E-state index in [0.717, 1.165) is 5.56 Å². The number of nitrogens with one attached hydrogen (secondary N) is 2. The van der Waals surface area contributed by atoms with Crippen molar-refractivity contribution in [2.45, 2.75) is 40.2 Å². The second kappa shape index (κ2) is 11.7. The van der Waals surface area contributed by atoms with E-state index >= 15 is 0 Å². The van der Waals surface area contributed by atoms with Gasteiger partial charge in [-0.3, -0.25) is 9.59 Å². The Kier molecular flexibility index (Phi) is 9.01. The molecule has 0 saturated heterocycles. The molecule has 0 radical (unpaired) electrons. The fourth-order valence-corrected chi connectivity index (χ4v) is 2.98. The highest BCUT2D eigenvalue weighted by atomic mass is 16.5. The van der Waals surface area contributed by atoms with Gasteiger partial charge in [0.15, 0.2) is 0 Å². The lowest BCUT2D eigenvalue weighted by atomic mass is 10.0. The Hall–Kier alpha value is -3.61. The largest absolute Gasteiger partial charge is 0.494 e. The van der Waals surface area contributed by atoms with Crippen molar-refractivity contribution in [2.75, 3.05) is 6.61 Å². The summed E-state index contributed by atoms with van der Waals surface area (Å²) in [4.78, 5) is 37.3. The first kappa shape index (κ1) is 24.7. The lowest BCUT2D eigenvalue weighted by Gasteiger charge is -2.18. The van der Waals surface area contributed by atoms with Gasteiger partial charge in [0.2, 0.25) is 0 Å². The quantitative estimate of drug-likeness (QED) is 0.490. The third-order valence-electron chi connectivity index (χ3n) is 4.62. The van der Waals surface area contributed by atoms with Crippen LogP contribution in [0.1, 0.15) is 48.7 Å². The lowest BCUT2D eigenvalue weighted by Crippen LogP contribution is -2.45. The molecule has 0 fully saturated rings. The van der Waals surface area contributed by atoms with Crippen LogP contribution in [0.25, 0.3) is 6.08 Å². The number of amides is 2. The summed E-state index contributed by atoms with van der Waals surface area (Å²) < 4.78 is 5.43. The van der Waals surface area contributed by atoms with Crippen molar-refractivity contribution in [1.29, 1.82) is 0 Å². The molecule has 1 atom stereocenters. The zero-order valence-electron chi connectivity index (χ0n) is 18.8. The molecule has 0 spiro atoms. The molecule has 3 N–H and O–H groups in total. The minimum atomic E-state index is -1.13. The average Bonchev–Trinajstić information content (AvgIpc) is 2.74. The van der Waals surface area contributed by atoms with Gasteiger partial charge in [-0.1, -0.05) is 43.7 Å². The van der Waals surface area contributed by atoms with Crippen LogP contribution in [0.2, 0.25) is 0 Å². The van der Waals surface area contributed by atoms with E-state index in [1.54, 1.807) is 48.5 Å². The molecule has 0 heterocycles. The highest BCUT2D eigenvalue weighted by Gasteiger charge is 2.24. The van der Waals surface area contributed by atoms with Crippen molar-refractivity contribution in [3.05, 3.63) is 70.9 Å². The Morgan fingerprint density at radius 1 is 1.03 bits per heavy atom. The number of carboxylic acid groups (broad SMARTS) is 1. The zero-order chi connectivity index (χ0) is 23.7. The SMILES string of the molecule is CCOc1ccc(/C=C(/NC(=O)c2ccc(C)cc2)C(=O)NC(CC(C)C)C(=O)O)cc1. The predicted molar refractivity (Wildman–Crippen MR) is 123 cm³/mol.